The summed E-state index contributed by atoms with van der Waals surface area (Å²) in [5, 5.41) is 10.2. The van der Waals surface area contributed by atoms with Crippen LogP contribution in [0.2, 0.25) is 0 Å². The number of allylic oxidation sites excluding steroid dienone is 2. The quantitative estimate of drug-likeness (QED) is 0.381. The van der Waals surface area contributed by atoms with Crippen LogP contribution < -0.4 is 4.72 Å². The summed E-state index contributed by atoms with van der Waals surface area (Å²) in [5.74, 6) is -0.373. The molecule has 0 spiro atoms. The summed E-state index contributed by atoms with van der Waals surface area (Å²) < 4.78 is 32.6. The maximum atomic E-state index is 12.6. The number of aliphatic hydroxyl groups excluding tert-OH is 1. The Morgan fingerprint density at radius 3 is 2.63 bits per heavy atom. The average Bonchev–Trinajstić information content (AvgIpc) is 2.97. The third-order valence-electron chi connectivity index (χ3n) is 4.98. The molecule has 0 amide bonds. The van der Waals surface area contributed by atoms with Crippen LogP contribution >= 0.6 is 0 Å². The second kappa shape index (κ2) is 10.0. The SMILES string of the molecule is COC(=O)CCC/C=C\C[C@H]1[C@H](O)CC[C@@H]1NS(=O)(=O)c1ccc(C)cc1. The van der Waals surface area contributed by atoms with Crippen LogP contribution in [-0.2, 0) is 19.6 Å². The summed E-state index contributed by atoms with van der Waals surface area (Å²) in [7, 11) is -2.23. The van der Waals surface area contributed by atoms with Gasteiger partial charge < -0.3 is 9.84 Å². The molecule has 1 aromatic carbocycles. The third-order valence-corrected chi connectivity index (χ3v) is 6.48. The molecule has 0 radical (unpaired) electrons. The Morgan fingerprint density at radius 1 is 1.26 bits per heavy atom. The molecule has 1 fully saturated rings. The number of hydrogen-bond acceptors (Lipinski definition) is 5. The molecule has 1 aliphatic carbocycles. The van der Waals surface area contributed by atoms with Crippen LogP contribution in [0.25, 0.3) is 0 Å². The van der Waals surface area contributed by atoms with Gasteiger partial charge in [0.05, 0.1) is 18.1 Å². The lowest BCUT2D eigenvalue weighted by molar-refractivity contribution is -0.140. The van der Waals surface area contributed by atoms with Crippen molar-refractivity contribution >= 4 is 16.0 Å². The van der Waals surface area contributed by atoms with Gasteiger partial charge in [0, 0.05) is 18.4 Å². The van der Waals surface area contributed by atoms with Crippen molar-refractivity contribution in [3.05, 3.63) is 42.0 Å². The van der Waals surface area contributed by atoms with Crippen molar-refractivity contribution in [3.63, 3.8) is 0 Å². The van der Waals surface area contributed by atoms with Crippen molar-refractivity contribution in [2.45, 2.75) is 62.5 Å². The largest absolute Gasteiger partial charge is 0.469 e. The van der Waals surface area contributed by atoms with E-state index in [9.17, 15) is 18.3 Å². The van der Waals surface area contributed by atoms with E-state index in [0.29, 0.717) is 32.1 Å². The molecule has 7 heteroatoms. The molecule has 0 saturated heterocycles. The second-order valence-electron chi connectivity index (χ2n) is 7.02. The maximum Gasteiger partial charge on any atom is 0.305 e. The molecule has 27 heavy (non-hydrogen) atoms. The summed E-state index contributed by atoms with van der Waals surface area (Å²) in [4.78, 5) is 11.3. The minimum Gasteiger partial charge on any atom is -0.469 e. The molecule has 2 rings (SSSR count). The first-order valence-corrected chi connectivity index (χ1v) is 10.8. The summed E-state index contributed by atoms with van der Waals surface area (Å²) in [6.07, 6.45) is 7.05. The van der Waals surface area contributed by atoms with Crippen LogP contribution in [-0.4, -0.2) is 38.7 Å². The third kappa shape index (κ3) is 6.45. The van der Waals surface area contributed by atoms with Crippen LogP contribution in [0.4, 0.5) is 0 Å². The monoisotopic (exact) mass is 395 g/mol. The van der Waals surface area contributed by atoms with E-state index in [1.165, 1.54) is 7.11 Å². The zero-order valence-electron chi connectivity index (χ0n) is 15.9. The number of unbranched alkanes of at least 4 members (excludes halogenated alkanes) is 1. The smallest absolute Gasteiger partial charge is 0.305 e. The molecule has 1 aliphatic rings. The van der Waals surface area contributed by atoms with Crippen LogP contribution in [0.15, 0.2) is 41.3 Å². The molecule has 2 N–H and O–H groups in total. The van der Waals surface area contributed by atoms with Gasteiger partial charge in [0.1, 0.15) is 0 Å². The number of ether oxygens (including phenoxy) is 1. The first kappa shape index (κ1) is 21.6. The molecule has 0 aromatic heterocycles. The Kier molecular flexibility index (Phi) is 8.01. The second-order valence-corrected chi connectivity index (χ2v) is 8.74. The van der Waals surface area contributed by atoms with E-state index in [1.54, 1.807) is 24.3 Å². The maximum absolute atomic E-state index is 12.6. The molecular weight excluding hydrogens is 366 g/mol. The molecule has 0 unspecified atom stereocenters. The highest BCUT2D eigenvalue weighted by molar-refractivity contribution is 7.89. The molecule has 3 atom stereocenters. The van der Waals surface area contributed by atoms with Gasteiger partial charge in [-0.2, -0.15) is 0 Å². The van der Waals surface area contributed by atoms with E-state index < -0.39 is 16.1 Å². The fourth-order valence-electron chi connectivity index (χ4n) is 3.34. The van der Waals surface area contributed by atoms with Gasteiger partial charge in [0.25, 0.3) is 0 Å². The number of methoxy groups -OCH3 is 1. The van der Waals surface area contributed by atoms with Gasteiger partial charge >= 0.3 is 5.97 Å². The lowest BCUT2D eigenvalue weighted by atomic mass is 9.98. The van der Waals surface area contributed by atoms with Gasteiger partial charge in [-0.05, 0) is 51.2 Å². The number of sulfonamides is 1. The fraction of sp³-hybridized carbons (Fsp3) is 0.550. The normalized spacial score (nSPS) is 23.0. The Balaban J connectivity index is 1.90. The van der Waals surface area contributed by atoms with E-state index in [1.807, 2.05) is 19.1 Å². The van der Waals surface area contributed by atoms with Gasteiger partial charge in [-0.3, -0.25) is 4.79 Å². The first-order valence-electron chi connectivity index (χ1n) is 9.32. The van der Waals surface area contributed by atoms with E-state index in [0.717, 1.165) is 12.0 Å². The lowest BCUT2D eigenvalue weighted by Gasteiger charge is -2.22. The molecule has 1 saturated carbocycles. The van der Waals surface area contributed by atoms with Crippen molar-refractivity contribution < 1.29 is 23.1 Å². The van der Waals surface area contributed by atoms with Crippen LogP contribution in [0.5, 0.6) is 0 Å². The Morgan fingerprint density at radius 2 is 1.96 bits per heavy atom. The molecule has 150 valence electrons. The summed E-state index contributed by atoms with van der Waals surface area (Å²) in [6.45, 7) is 1.91. The average molecular weight is 396 g/mol. The van der Waals surface area contributed by atoms with Gasteiger partial charge in [0.15, 0.2) is 0 Å². The van der Waals surface area contributed by atoms with Crippen molar-refractivity contribution in [3.8, 4) is 0 Å². The van der Waals surface area contributed by atoms with E-state index >= 15 is 0 Å². The van der Waals surface area contributed by atoms with Gasteiger partial charge in [-0.25, -0.2) is 13.1 Å². The van der Waals surface area contributed by atoms with Crippen LogP contribution in [0, 0.1) is 12.8 Å². The van der Waals surface area contributed by atoms with Crippen molar-refractivity contribution in [2.75, 3.05) is 7.11 Å². The Hall–Kier alpha value is -1.70. The number of esters is 1. The van der Waals surface area contributed by atoms with Gasteiger partial charge in [-0.1, -0.05) is 29.8 Å². The minimum atomic E-state index is -3.61. The molecule has 6 nitrogen and oxygen atoms in total. The number of carbonyl (C=O) groups excluding carboxylic acids is 1. The topological polar surface area (TPSA) is 92.7 Å². The number of hydrogen-bond donors (Lipinski definition) is 2. The van der Waals surface area contributed by atoms with Crippen molar-refractivity contribution in [2.24, 2.45) is 5.92 Å². The number of aliphatic hydroxyl groups is 1. The summed E-state index contributed by atoms with van der Waals surface area (Å²) in [6, 6.07) is 6.45. The summed E-state index contributed by atoms with van der Waals surface area (Å²) >= 11 is 0. The van der Waals surface area contributed by atoms with Gasteiger partial charge in [0.2, 0.25) is 10.0 Å². The predicted molar refractivity (Wildman–Crippen MR) is 104 cm³/mol. The highest BCUT2D eigenvalue weighted by Crippen LogP contribution is 2.30. The van der Waals surface area contributed by atoms with Crippen molar-refractivity contribution in [1.29, 1.82) is 0 Å². The number of rotatable bonds is 9. The zero-order chi connectivity index (χ0) is 19.9. The Labute approximate surface area is 161 Å². The summed E-state index contributed by atoms with van der Waals surface area (Å²) in [5.41, 5.74) is 1.00. The number of aryl methyl sites for hydroxylation is 1. The number of nitrogens with one attached hydrogen (secondary N) is 1. The molecule has 0 bridgehead atoms. The molecular formula is C20H29NO5S. The van der Waals surface area contributed by atoms with E-state index in [-0.39, 0.29) is 22.8 Å². The predicted octanol–water partition coefficient (Wildman–Crippen LogP) is 2.70. The zero-order valence-corrected chi connectivity index (χ0v) is 16.7. The molecule has 1 aromatic rings. The molecule has 0 aliphatic heterocycles. The van der Waals surface area contributed by atoms with Crippen LogP contribution in [0.3, 0.4) is 0 Å². The van der Waals surface area contributed by atoms with Crippen LogP contribution in [0.1, 0.15) is 44.1 Å². The standard InChI is InChI=1S/C20H29NO5S/c1-15-9-11-16(12-10-15)27(24,25)21-18-13-14-19(22)17(18)7-5-3-4-6-8-20(23)26-2/h3,5,9-12,17-19,21-22H,4,6-8,13-14H2,1-2H3/b5-3-/t17-,18+,19-/m1/s1. The highest BCUT2D eigenvalue weighted by Gasteiger charge is 2.36. The Bertz CT molecular complexity index is 742. The fourth-order valence-corrected chi connectivity index (χ4v) is 4.66. The number of benzene rings is 1. The van der Waals surface area contributed by atoms with E-state index in [2.05, 4.69) is 9.46 Å². The van der Waals surface area contributed by atoms with E-state index in [4.69, 9.17) is 0 Å². The molecule has 0 heterocycles. The lowest BCUT2D eigenvalue weighted by Crippen LogP contribution is -2.39. The van der Waals surface area contributed by atoms with Crippen molar-refractivity contribution in [1.82, 2.24) is 4.72 Å². The minimum absolute atomic E-state index is 0.151. The highest BCUT2D eigenvalue weighted by atomic mass is 32.2. The van der Waals surface area contributed by atoms with Gasteiger partial charge in [-0.15, -0.1) is 0 Å². The first-order chi connectivity index (χ1) is 12.8. The number of carbonyl (C=O) groups is 1.